The molecule has 15 heavy (non-hydrogen) atoms. The fourth-order valence-electron chi connectivity index (χ4n) is 3.05. The van der Waals surface area contributed by atoms with Crippen LogP contribution in [0.3, 0.4) is 0 Å². The van der Waals surface area contributed by atoms with Gasteiger partial charge in [0, 0.05) is 6.92 Å². The number of hydrogen-bond donors (Lipinski definition) is 0. The predicted molar refractivity (Wildman–Crippen MR) is 56.5 cm³/mol. The normalized spacial score (nSPS) is 42.7. The molecule has 1 saturated carbocycles. The molecule has 0 aromatic carbocycles. The Balaban J connectivity index is 2.17. The summed E-state index contributed by atoms with van der Waals surface area (Å²) in [6.07, 6.45) is 3.07. The van der Waals surface area contributed by atoms with Gasteiger partial charge in [0.15, 0.2) is 0 Å². The lowest BCUT2D eigenvalue weighted by molar-refractivity contribution is -0.277. The first-order valence-corrected chi connectivity index (χ1v) is 5.71. The molecule has 3 fully saturated rings. The highest BCUT2D eigenvalue weighted by Gasteiger charge is 2.55. The van der Waals surface area contributed by atoms with Crippen molar-refractivity contribution in [1.82, 2.24) is 0 Å². The molecule has 0 spiro atoms. The second-order valence-corrected chi connectivity index (χ2v) is 5.59. The van der Waals surface area contributed by atoms with Crippen molar-refractivity contribution < 1.29 is 14.3 Å². The highest BCUT2D eigenvalue weighted by Crippen LogP contribution is 2.50. The average molecular weight is 212 g/mol. The van der Waals surface area contributed by atoms with Gasteiger partial charge in [-0.05, 0) is 46.0 Å². The van der Waals surface area contributed by atoms with Crippen molar-refractivity contribution in [3.8, 4) is 0 Å². The molecule has 3 rings (SSSR count). The number of carbonyl (C=O) groups excluding carboxylic acids is 1. The molecule has 0 aromatic heterocycles. The van der Waals surface area contributed by atoms with Gasteiger partial charge in [-0.15, -0.1) is 0 Å². The molecule has 2 heterocycles. The lowest BCUT2D eigenvalue weighted by Crippen LogP contribution is -2.62. The summed E-state index contributed by atoms with van der Waals surface area (Å²) in [5, 5.41) is 0. The monoisotopic (exact) mass is 212 g/mol. The summed E-state index contributed by atoms with van der Waals surface area (Å²) in [6.45, 7) is 7.81. The fraction of sp³-hybridized carbons (Fsp3) is 0.917. The van der Waals surface area contributed by atoms with Crippen LogP contribution in [0.5, 0.6) is 0 Å². The molecule has 3 nitrogen and oxygen atoms in total. The van der Waals surface area contributed by atoms with Crippen LogP contribution in [0.25, 0.3) is 0 Å². The smallest absolute Gasteiger partial charge is 0.303 e. The molecular formula is C12H20O3. The van der Waals surface area contributed by atoms with E-state index in [-0.39, 0.29) is 23.3 Å². The second-order valence-electron chi connectivity index (χ2n) is 5.59. The Labute approximate surface area is 91.1 Å². The quantitative estimate of drug-likeness (QED) is 0.625. The molecule has 3 aliphatic rings. The molecule has 0 amide bonds. The van der Waals surface area contributed by atoms with Gasteiger partial charge >= 0.3 is 5.97 Å². The van der Waals surface area contributed by atoms with Gasteiger partial charge in [0.25, 0.3) is 0 Å². The lowest BCUT2D eigenvalue weighted by Gasteiger charge is -2.56. The van der Waals surface area contributed by atoms with Crippen LogP contribution in [0, 0.1) is 5.92 Å². The van der Waals surface area contributed by atoms with Gasteiger partial charge in [0.2, 0.25) is 0 Å². The zero-order chi connectivity index (χ0) is 11.3. The maximum atomic E-state index is 11.0. The minimum Gasteiger partial charge on any atom is -0.459 e. The molecule has 3 atom stereocenters. The van der Waals surface area contributed by atoms with E-state index in [9.17, 15) is 4.79 Å². The van der Waals surface area contributed by atoms with E-state index < -0.39 is 0 Å². The van der Waals surface area contributed by atoms with E-state index in [1.54, 1.807) is 0 Å². The zero-order valence-corrected chi connectivity index (χ0v) is 10.0. The molecule has 1 aliphatic carbocycles. The van der Waals surface area contributed by atoms with Gasteiger partial charge in [0.1, 0.15) is 11.7 Å². The number of carbonyl (C=O) groups is 1. The average Bonchev–Trinajstić information content (AvgIpc) is 2.04. The van der Waals surface area contributed by atoms with Crippen molar-refractivity contribution in [1.29, 1.82) is 0 Å². The van der Waals surface area contributed by atoms with Crippen molar-refractivity contribution in [3.05, 3.63) is 0 Å². The van der Waals surface area contributed by atoms with Crippen LogP contribution in [-0.4, -0.2) is 23.3 Å². The number of fused-ring (bicyclic) bond motifs is 3. The van der Waals surface area contributed by atoms with Gasteiger partial charge in [-0.1, -0.05) is 0 Å². The van der Waals surface area contributed by atoms with E-state index in [4.69, 9.17) is 9.47 Å². The molecule has 0 radical (unpaired) electrons. The van der Waals surface area contributed by atoms with Crippen molar-refractivity contribution >= 4 is 5.97 Å². The minimum absolute atomic E-state index is 0.0539. The van der Waals surface area contributed by atoms with Crippen LogP contribution in [0.1, 0.15) is 47.0 Å². The molecule has 2 saturated heterocycles. The topological polar surface area (TPSA) is 35.5 Å². The number of ether oxygens (including phenoxy) is 2. The van der Waals surface area contributed by atoms with Crippen molar-refractivity contribution in [2.24, 2.45) is 5.92 Å². The molecule has 0 N–H and O–H groups in total. The van der Waals surface area contributed by atoms with Gasteiger partial charge < -0.3 is 9.47 Å². The fourth-order valence-corrected chi connectivity index (χ4v) is 3.05. The minimum atomic E-state index is -0.274. The van der Waals surface area contributed by atoms with Crippen molar-refractivity contribution in [2.45, 2.75) is 64.3 Å². The standard InChI is InChI=1S/C12H20O3/c1-8(13)14-10-7-9-5-6-12(10,4)15-11(9,2)3/h9-10H,5-7H2,1-4H3/t9?,10?,12-/m0/s1. The zero-order valence-electron chi connectivity index (χ0n) is 10.0. The Bertz CT molecular complexity index is 285. The van der Waals surface area contributed by atoms with Crippen LogP contribution in [0.15, 0.2) is 0 Å². The molecular weight excluding hydrogens is 192 g/mol. The SMILES string of the molecule is CC(=O)OC1CC2CC[C@]1(C)OC2(C)C. The summed E-state index contributed by atoms with van der Waals surface area (Å²) >= 11 is 0. The van der Waals surface area contributed by atoms with Gasteiger partial charge in [-0.3, -0.25) is 4.79 Å². The summed E-state index contributed by atoms with van der Waals surface area (Å²) in [6, 6.07) is 0. The van der Waals surface area contributed by atoms with Gasteiger partial charge in [-0.25, -0.2) is 0 Å². The maximum Gasteiger partial charge on any atom is 0.303 e. The Kier molecular flexibility index (Phi) is 2.34. The Morgan fingerprint density at radius 2 is 2.07 bits per heavy atom. The van der Waals surface area contributed by atoms with Crippen LogP contribution in [0.2, 0.25) is 0 Å². The first-order chi connectivity index (χ1) is 6.83. The van der Waals surface area contributed by atoms with E-state index in [2.05, 4.69) is 20.8 Å². The second kappa shape index (κ2) is 3.21. The highest BCUT2D eigenvalue weighted by molar-refractivity contribution is 5.66. The molecule has 2 aliphatic heterocycles. The van der Waals surface area contributed by atoms with E-state index in [0.717, 1.165) is 12.8 Å². The molecule has 2 unspecified atom stereocenters. The third kappa shape index (κ3) is 1.78. The molecule has 0 aromatic rings. The van der Waals surface area contributed by atoms with E-state index in [1.165, 1.54) is 13.3 Å². The van der Waals surface area contributed by atoms with Crippen LogP contribution < -0.4 is 0 Å². The van der Waals surface area contributed by atoms with Crippen LogP contribution in [0.4, 0.5) is 0 Å². The molecule has 3 heteroatoms. The van der Waals surface area contributed by atoms with E-state index in [0.29, 0.717) is 5.92 Å². The van der Waals surface area contributed by atoms with Gasteiger partial charge in [-0.2, -0.15) is 0 Å². The third-order valence-electron chi connectivity index (χ3n) is 3.96. The number of rotatable bonds is 1. The summed E-state index contributed by atoms with van der Waals surface area (Å²) < 4.78 is 11.5. The summed E-state index contributed by atoms with van der Waals surface area (Å²) in [7, 11) is 0. The highest BCUT2D eigenvalue weighted by atomic mass is 16.6. The largest absolute Gasteiger partial charge is 0.459 e. The molecule has 2 bridgehead atoms. The summed E-state index contributed by atoms with van der Waals surface area (Å²) in [5.74, 6) is 0.318. The van der Waals surface area contributed by atoms with Crippen LogP contribution in [-0.2, 0) is 14.3 Å². The van der Waals surface area contributed by atoms with E-state index >= 15 is 0 Å². The van der Waals surface area contributed by atoms with Crippen molar-refractivity contribution in [2.75, 3.05) is 0 Å². The summed E-state index contributed by atoms with van der Waals surface area (Å²) in [5.41, 5.74) is -0.340. The third-order valence-corrected chi connectivity index (χ3v) is 3.96. The van der Waals surface area contributed by atoms with Crippen molar-refractivity contribution in [3.63, 3.8) is 0 Å². The Hall–Kier alpha value is -0.570. The van der Waals surface area contributed by atoms with Gasteiger partial charge in [0.05, 0.1) is 5.60 Å². The first kappa shape index (κ1) is 10.9. The predicted octanol–water partition coefficient (Wildman–Crippen LogP) is 2.29. The van der Waals surface area contributed by atoms with Crippen LogP contribution >= 0.6 is 0 Å². The Morgan fingerprint density at radius 3 is 2.53 bits per heavy atom. The number of hydrogen-bond acceptors (Lipinski definition) is 3. The maximum absolute atomic E-state index is 11.0. The Morgan fingerprint density at radius 1 is 1.40 bits per heavy atom. The first-order valence-electron chi connectivity index (χ1n) is 5.71. The molecule has 86 valence electrons. The van der Waals surface area contributed by atoms with E-state index in [1.807, 2.05) is 0 Å². The lowest BCUT2D eigenvalue weighted by atomic mass is 9.67. The summed E-state index contributed by atoms with van der Waals surface area (Å²) in [4.78, 5) is 11.0. The number of esters is 1.